The molecule has 1 aliphatic rings. The number of hydrogen-bond acceptors (Lipinski definition) is 4. The summed E-state index contributed by atoms with van der Waals surface area (Å²) >= 11 is 0. The molecular weight excluding hydrogens is 202 g/mol. The van der Waals surface area contributed by atoms with Crippen LogP contribution in [0, 0.1) is 0 Å². The van der Waals surface area contributed by atoms with Crippen LogP contribution in [-0.2, 0) is 5.54 Å². The van der Waals surface area contributed by atoms with Gasteiger partial charge in [0.1, 0.15) is 0 Å². The number of aromatic nitrogens is 2. The predicted octanol–water partition coefficient (Wildman–Crippen LogP) is 2.57. The van der Waals surface area contributed by atoms with Gasteiger partial charge in [-0.05, 0) is 33.7 Å². The van der Waals surface area contributed by atoms with Gasteiger partial charge in [-0.25, -0.2) is 0 Å². The van der Waals surface area contributed by atoms with E-state index in [1.807, 2.05) is 20.9 Å². The maximum absolute atomic E-state index is 5.35. The van der Waals surface area contributed by atoms with Crippen LogP contribution in [0.2, 0.25) is 0 Å². The quantitative estimate of drug-likeness (QED) is 0.855. The number of rotatable bonds is 3. The molecule has 1 saturated carbocycles. The first-order valence-electron chi connectivity index (χ1n) is 6.16. The van der Waals surface area contributed by atoms with E-state index < -0.39 is 0 Å². The van der Waals surface area contributed by atoms with Crippen molar-refractivity contribution in [2.24, 2.45) is 0 Å². The molecule has 1 fully saturated rings. The van der Waals surface area contributed by atoms with E-state index in [1.165, 1.54) is 32.1 Å². The molecule has 0 spiro atoms. The Kier molecular flexibility index (Phi) is 3.28. The van der Waals surface area contributed by atoms with Crippen molar-refractivity contribution in [2.75, 3.05) is 7.05 Å². The van der Waals surface area contributed by atoms with E-state index in [0.717, 1.165) is 5.82 Å². The minimum absolute atomic E-state index is 0.236. The lowest BCUT2D eigenvalue weighted by atomic mass is 9.89. The highest BCUT2D eigenvalue weighted by Gasteiger charge is 2.28. The van der Waals surface area contributed by atoms with Gasteiger partial charge in [0, 0.05) is 5.92 Å². The van der Waals surface area contributed by atoms with Gasteiger partial charge in [0.15, 0.2) is 5.82 Å². The lowest BCUT2D eigenvalue weighted by Crippen LogP contribution is -2.33. The molecular formula is C12H21N3O. The second-order valence-electron chi connectivity index (χ2n) is 5.17. The first-order valence-corrected chi connectivity index (χ1v) is 6.16. The van der Waals surface area contributed by atoms with E-state index in [9.17, 15) is 0 Å². The smallest absolute Gasteiger partial charge is 0.246 e. The van der Waals surface area contributed by atoms with Crippen molar-refractivity contribution >= 4 is 0 Å². The predicted molar refractivity (Wildman–Crippen MR) is 62.2 cm³/mol. The summed E-state index contributed by atoms with van der Waals surface area (Å²) in [5.74, 6) is 2.10. The third-order valence-corrected chi connectivity index (χ3v) is 3.57. The molecule has 1 aliphatic carbocycles. The highest BCUT2D eigenvalue weighted by Crippen LogP contribution is 2.31. The third-order valence-electron chi connectivity index (χ3n) is 3.57. The molecule has 0 radical (unpaired) electrons. The molecule has 0 saturated heterocycles. The Morgan fingerprint density at radius 1 is 1.25 bits per heavy atom. The van der Waals surface area contributed by atoms with Crippen molar-refractivity contribution in [2.45, 2.75) is 57.4 Å². The Morgan fingerprint density at radius 3 is 2.56 bits per heavy atom. The van der Waals surface area contributed by atoms with Gasteiger partial charge < -0.3 is 9.84 Å². The van der Waals surface area contributed by atoms with Gasteiger partial charge in [-0.3, -0.25) is 0 Å². The molecule has 0 aromatic carbocycles. The first-order chi connectivity index (χ1) is 7.63. The lowest BCUT2D eigenvalue weighted by Gasteiger charge is -2.19. The summed E-state index contributed by atoms with van der Waals surface area (Å²) in [5, 5.41) is 7.31. The van der Waals surface area contributed by atoms with Crippen molar-refractivity contribution in [3.8, 4) is 0 Å². The maximum atomic E-state index is 5.35. The minimum Gasteiger partial charge on any atom is -0.337 e. The second-order valence-corrected chi connectivity index (χ2v) is 5.17. The largest absolute Gasteiger partial charge is 0.337 e. The molecule has 0 amide bonds. The molecule has 1 aromatic heterocycles. The maximum Gasteiger partial charge on any atom is 0.246 e. The van der Waals surface area contributed by atoms with Gasteiger partial charge in [0.05, 0.1) is 5.54 Å². The minimum atomic E-state index is -0.236. The SMILES string of the molecule is CNC(C)(C)c1nc(C2CCCCC2)no1. The second kappa shape index (κ2) is 4.53. The Hall–Kier alpha value is -0.900. The number of hydrogen-bond donors (Lipinski definition) is 1. The Morgan fingerprint density at radius 2 is 1.94 bits per heavy atom. The van der Waals surface area contributed by atoms with Crippen molar-refractivity contribution in [3.63, 3.8) is 0 Å². The summed E-state index contributed by atoms with van der Waals surface area (Å²) < 4.78 is 5.35. The molecule has 0 unspecified atom stereocenters. The molecule has 4 nitrogen and oxygen atoms in total. The fourth-order valence-electron chi connectivity index (χ4n) is 2.12. The molecule has 16 heavy (non-hydrogen) atoms. The zero-order valence-electron chi connectivity index (χ0n) is 10.4. The van der Waals surface area contributed by atoms with E-state index in [4.69, 9.17) is 4.52 Å². The van der Waals surface area contributed by atoms with E-state index in [0.29, 0.717) is 11.8 Å². The van der Waals surface area contributed by atoms with Crippen molar-refractivity contribution < 1.29 is 4.52 Å². The molecule has 1 aromatic rings. The highest BCUT2D eigenvalue weighted by molar-refractivity contribution is 5.02. The first kappa shape index (κ1) is 11.6. The van der Waals surface area contributed by atoms with Crippen LogP contribution < -0.4 is 5.32 Å². The van der Waals surface area contributed by atoms with Crippen LogP contribution >= 0.6 is 0 Å². The van der Waals surface area contributed by atoms with E-state index in [2.05, 4.69) is 15.5 Å². The van der Waals surface area contributed by atoms with Crippen LogP contribution in [0.4, 0.5) is 0 Å². The average molecular weight is 223 g/mol. The Balaban J connectivity index is 2.12. The van der Waals surface area contributed by atoms with Crippen LogP contribution in [0.5, 0.6) is 0 Å². The summed E-state index contributed by atoms with van der Waals surface area (Å²) in [7, 11) is 1.91. The molecule has 2 rings (SSSR count). The van der Waals surface area contributed by atoms with Crippen molar-refractivity contribution in [1.82, 2.24) is 15.5 Å². The van der Waals surface area contributed by atoms with Crippen LogP contribution in [0.25, 0.3) is 0 Å². The summed E-state index contributed by atoms with van der Waals surface area (Å²) in [6.07, 6.45) is 6.36. The van der Waals surface area contributed by atoms with Crippen LogP contribution in [0.1, 0.15) is 63.6 Å². The lowest BCUT2D eigenvalue weighted by molar-refractivity contribution is 0.277. The van der Waals surface area contributed by atoms with E-state index >= 15 is 0 Å². The van der Waals surface area contributed by atoms with Crippen LogP contribution in [-0.4, -0.2) is 17.2 Å². The topological polar surface area (TPSA) is 51.0 Å². The van der Waals surface area contributed by atoms with E-state index in [-0.39, 0.29) is 5.54 Å². The number of nitrogens with zero attached hydrogens (tertiary/aromatic N) is 2. The van der Waals surface area contributed by atoms with Gasteiger partial charge in [0.25, 0.3) is 0 Å². The third kappa shape index (κ3) is 2.26. The van der Waals surface area contributed by atoms with Crippen molar-refractivity contribution in [3.05, 3.63) is 11.7 Å². The standard InChI is InChI=1S/C12H21N3O/c1-12(2,13-3)11-14-10(15-16-11)9-7-5-4-6-8-9/h9,13H,4-8H2,1-3H3. The van der Waals surface area contributed by atoms with Gasteiger partial charge in [-0.15, -0.1) is 0 Å². The Labute approximate surface area is 96.8 Å². The summed E-state index contributed by atoms with van der Waals surface area (Å²) in [6.45, 7) is 4.09. The van der Waals surface area contributed by atoms with E-state index in [1.54, 1.807) is 0 Å². The zero-order chi connectivity index (χ0) is 11.6. The van der Waals surface area contributed by atoms with Gasteiger partial charge in [0.2, 0.25) is 5.89 Å². The normalized spacial score (nSPS) is 18.9. The molecule has 0 bridgehead atoms. The Bertz CT molecular complexity index is 340. The van der Waals surface area contributed by atoms with Gasteiger partial charge in [-0.2, -0.15) is 4.98 Å². The average Bonchev–Trinajstić information content (AvgIpc) is 2.80. The van der Waals surface area contributed by atoms with Crippen molar-refractivity contribution in [1.29, 1.82) is 0 Å². The van der Waals surface area contributed by atoms with Crippen LogP contribution in [0.3, 0.4) is 0 Å². The summed E-state index contributed by atoms with van der Waals surface area (Å²) in [4.78, 5) is 4.54. The summed E-state index contributed by atoms with van der Waals surface area (Å²) in [6, 6.07) is 0. The molecule has 1 heterocycles. The zero-order valence-corrected chi connectivity index (χ0v) is 10.4. The molecule has 4 heteroatoms. The molecule has 0 aliphatic heterocycles. The molecule has 0 atom stereocenters. The molecule has 90 valence electrons. The number of nitrogens with one attached hydrogen (secondary N) is 1. The highest BCUT2D eigenvalue weighted by atomic mass is 16.5. The fraction of sp³-hybridized carbons (Fsp3) is 0.833. The summed E-state index contributed by atoms with van der Waals surface area (Å²) in [5.41, 5.74) is -0.236. The fourth-order valence-corrected chi connectivity index (χ4v) is 2.12. The molecule has 1 N–H and O–H groups in total. The monoisotopic (exact) mass is 223 g/mol. The van der Waals surface area contributed by atoms with Gasteiger partial charge >= 0.3 is 0 Å². The van der Waals surface area contributed by atoms with Crippen LogP contribution in [0.15, 0.2) is 4.52 Å². The van der Waals surface area contributed by atoms with Gasteiger partial charge in [-0.1, -0.05) is 24.4 Å².